The third-order valence-corrected chi connectivity index (χ3v) is 0. The molecule has 9 heavy (non-hydrogen) atoms. The van der Waals surface area contributed by atoms with Crippen LogP contribution in [0.25, 0.3) is 0 Å². The Morgan fingerprint density at radius 2 is 1.33 bits per heavy atom. The number of rotatable bonds is 0. The third kappa shape index (κ3) is 1130. The molecule has 0 atom stereocenters. The molecule has 0 aliphatic heterocycles. The second-order valence-corrected chi connectivity index (χ2v) is 2.02. The summed E-state index contributed by atoms with van der Waals surface area (Å²) in [5.41, 5.74) is 0. The number of aliphatic carboxylic acids is 1. The minimum atomic E-state index is -0.833. The van der Waals surface area contributed by atoms with E-state index in [0.717, 1.165) is 6.92 Å². The van der Waals surface area contributed by atoms with Crippen LogP contribution in [-0.4, -0.2) is 11.1 Å². The van der Waals surface area contributed by atoms with Crippen LogP contribution in [0.15, 0.2) is 0 Å². The fourth-order valence-corrected chi connectivity index (χ4v) is 0. The normalized spacial score (nSPS) is 6.78. The van der Waals surface area contributed by atoms with Crippen LogP contribution in [-0.2, 0) is 37.5 Å². The van der Waals surface area contributed by atoms with E-state index >= 15 is 0 Å². The van der Waals surface area contributed by atoms with Gasteiger partial charge in [0.25, 0.3) is 5.97 Å². The second-order valence-electron chi connectivity index (χ2n) is 2.02. The van der Waals surface area contributed by atoms with Gasteiger partial charge in [-0.1, -0.05) is 0 Å². The molecule has 0 heterocycles. The first-order valence-corrected chi connectivity index (χ1v) is 2.43. The number of hydrogen-bond donors (Lipinski definition) is 1. The van der Waals surface area contributed by atoms with Crippen LogP contribution in [0.4, 0.5) is 0 Å². The van der Waals surface area contributed by atoms with Gasteiger partial charge in [-0.25, -0.2) is 0 Å². The van der Waals surface area contributed by atoms with E-state index in [0.29, 0.717) is 0 Å². The van der Waals surface area contributed by atoms with Crippen molar-refractivity contribution in [2.75, 3.05) is 0 Å². The van der Waals surface area contributed by atoms with E-state index in [1.54, 1.807) is 0 Å². The molecular weight excluding hydrogens is 193 g/mol. The zero-order chi connectivity index (χ0) is 7.15. The van der Waals surface area contributed by atoms with Crippen LogP contribution in [0.1, 0.15) is 27.7 Å². The molecule has 3 heteroatoms. The average molecular weight is 206 g/mol. The summed E-state index contributed by atoms with van der Waals surface area (Å²) in [6, 6.07) is 0. The molecule has 0 spiro atoms. The van der Waals surface area contributed by atoms with Crippen LogP contribution in [0.2, 0.25) is 0 Å². The summed E-state index contributed by atoms with van der Waals surface area (Å²) in [6.07, 6.45) is 0. The van der Waals surface area contributed by atoms with Crippen LogP contribution < -0.4 is 0 Å². The van der Waals surface area contributed by atoms with Gasteiger partial charge < -0.3 is 11.0 Å². The molecule has 1 radical (unpaired) electrons. The quantitative estimate of drug-likeness (QED) is 0.612. The predicted octanol–water partition coefficient (Wildman–Crippen LogP) is 1.71. The van der Waals surface area contributed by atoms with Gasteiger partial charge in [0.1, 0.15) is 0 Å². The third-order valence-electron chi connectivity index (χ3n) is 0. The van der Waals surface area contributed by atoms with Gasteiger partial charge in [0.2, 0.25) is 0 Å². The van der Waals surface area contributed by atoms with Gasteiger partial charge in [-0.2, -0.15) is 20.8 Å². The van der Waals surface area contributed by atoms with Gasteiger partial charge in [-0.05, 0) is 0 Å². The van der Waals surface area contributed by atoms with Crippen molar-refractivity contribution in [2.24, 2.45) is 0 Å². The monoisotopic (exact) mass is 206 g/mol. The van der Waals surface area contributed by atoms with Crippen molar-refractivity contribution in [3.8, 4) is 0 Å². The minimum Gasteiger partial charge on any atom is -0.481 e. The van der Waals surface area contributed by atoms with Crippen molar-refractivity contribution in [2.45, 2.75) is 27.7 Å². The average Bonchev–Trinajstić information content (AvgIpc) is 1.25. The zero-order valence-corrected chi connectivity index (χ0v) is 9.27. The molecule has 0 aliphatic rings. The Balaban J connectivity index is -0.0000000720. The van der Waals surface area contributed by atoms with Gasteiger partial charge in [0.05, 0.1) is 0 Å². The Kier molecular flexibility index (Phi) is 20.6. The number of carboxylic acids is 1. The van der Waals surface area contributed by atoms with Crippen LogP contribution in [0, 0.1) is 5.92 Å². The summed E-state index contributed by atoms with van der Waals surface area (Å²) in [4.78, 5) is 9.00. The van der Waals surface area contributed by atoms with Crippen molar-refractivity contribution >= 4 is 5.97 Å². The molecule has 0 saturated heterocycles. The molecule has 0 unspecified atom stereocenters. The van der Waals surface area contributed by atoms with Crippen molar-refractivity contribution in [3.63, 3.8) is 0 Å². The van der Waals surface area contributed by atoms with E-state index in [9.17, 15) is 0 Å². The molecule has 1 N–H and O–H groups in total. The molecule has 0 rings (SSSR count). The topological polar surface area (TPSA) is 37.3 Å². The first kappa shape index (κ1) is 16.3. The molecule has 0 fully saturated rings. The Labute approximate surface area is 81.9 Å². The molecule has 0 bridgehead atoms. The van der Waals surface area contributed by atoms with Gasteiger partial charge in [0.15, 0.2) is 0 Å². The van der Waals surface area contributed by atoms with Crippen LogP contribution in [0.3, 0.4) is 0 Å². The molecule has 0 aromatic heterocycles. The van der Waals surface area contributed by atoms with E-state index in [4.69, 9.17) is 9.90 Å². The largest absolute Gasteiger partial charge is 0.481 e. The number of hydrogen-bond acceptors (Lipinski definition) is 1. The second kappa shape index (κ2) is 11.4. The van der Waals surface area contributed by atoms with E-state index in [1.165, 1.54) is 5.92 Å². The summed E-state index contributed by atoms with van der Waals surface area (Å²) in [5.74, 6) is 0.583. The maximum absolute atomic E-state index is 9.00. The van der Waals surface area contributed by atoms with Gasteiger partial charge in [-0.3, -0.25) is 4.79 Å². The molecule has 0 amide bonds. The fraction of sp³-hybridized carbons (Fsp3) is 0.667. The van der Waals surface area contributed by atoms with Crippen LogP contribution >= 0.6 is 0 Å². The number of carboxylic acid groups (broad SMARTS) is 1. The standard InChI is InChI=1S/C4H9.C2H4O2.Y/c1-4(2)3;1-2(3)4;/h1-3H3;1H3,(H,3,4);/q-1;;. The van der Waals surface area contributed by atoms with Gasteiger partial charge in [0, 0.05) is 39.6 Å². The molecule has 0 aromatic rings. The van der Waals surface area contributed by atoms with Crippen molar-refractivity contribution in [1.82, 2.24) is 0 Å². The predicted molar refractivity (Wildman–Crippen MR) is 33.6 cm³/mol. The van der Waals surface area contributed by atoms with Crippen LogP contribution in [0.5, 0.6) is 0 Å². The van der Waals surface area contributed by atoms with E-state index in [2.05, 4.69) is 20.8 Å². The molecule has 0 aromatic carbocycles. The fourth-order valence-electron chi connectivity index (χ4n) is 0. The summed E-state index contributed by atoms with van der Waals surface area (Å²) >= 11 is 0. The molecule has 53 valence electrons. The van der Waals surface area contributed by atoms with Crippen molar-refractivity contribution in [3.05, 3.63) is 5.92 Å². The van der Waals surface area contributed by atoms with E-state index in [-0.39, 0.29) is 32.7 Å². The maximum Gasteiger partial charge on any atom is 0.300 e. The summed E-state index contributed by atoms with van der Waals surface area (Å²) in [6.45, 7) is 7.33. The van der Waals surface area contributed by atoms with Crippen molar-refractivity contribution < 1.29 is 42.6 Å². The Morgan fingerprint density at radius 1 is 1.33 bits per heavy atom. The molecule has 0 aliphatic carbocycles. The molecular formula is C6H13O2Y-. The molecule has 0 saturated carbocycles. The minimum absolute atomic E-state index is 0. The van der Waals surface area contributed by atoms with Crippen molar-refractivity contribution in [1.29, 1.82) is 0 Å². The van der Waals surface area contributed by atoms with E-state index < -0.39 is 5.97 Å². The Bertz CT molecular complexity index is 55.3. The summed E-state index contributed by atoms with van der Waals surface area (Å²) in [5, 5.41) is 7.42. The summed E-state index contributed by atoms with van der Waals surface area (Å²) in [7, 11) is 0. The number of carbonyl (C=O) groups is 1. The SMILES string of the molecule is CC(=O)O.C[C-](C)C.[Y]. The first-order chi connectivity index (χ1) is 3.46. The molecule has 2 nitrogen and oxygen atoms in total. The zero-order valence-electron chi connectivity index (χ0n) is 6.43. The van der Waals surface area contributed by atoms with E-state index in [1.807, 2.05) is 0 Å². The summed E-state index contributed by atoms with van der Waals surface area (Å²) < 4.78 is 0. The Morgan fingerprint density at radius 3 is 1.33 bits per heavy atom. The maximum atomic E-state index is 9.00. The first-order valence-electron chi connectivity index (χ1n) is 2.43. The van der Waals surface area contributed by atoms with Gasteiger partial charge in [-0.15, -0.1) is 0 Å². The Hall–Kier alpha value is 0.574. The van der Waals surface area contributed by atoms with Gasteiger partial charge >= 0.3 is 0 Å². The smallest absolute Gasteiger partial charge is 0.300 e.